The molecule has 114 valence electrons. The topological polar surface area (TPSA) is 46.2 Å². The van der Waals surface area contributed by atoms with E-state index in [4.69, 9.17) is 5.73 Å². The first kappa shape index (κ1) is 17.2. The molecule has 1 aromatic rings. The van der Waals surface area contributed by atoms with E-state index in [9.17, 15) is 22.7 Å². The van der Waals surface area contributed by atoms with Crippen LogP contribution in [0.2, 0.25) is 0 Å². The van der Waals surface area contributed by atoms with E-state index in [1.807, 2.05) is 0 Å². The van der Waals surface area contributed by atoms with Gasteiger partial charge in [-0.3, -0.25) is 0 Å². The molecule has 1 aromatic carbocycles. The Morgan fingerprint density at radius 3 is 2.30 bits per heavy atom. The van der Waals surface area contributed by atoms with E-state index in [-0.39, 0.29) is 23.9 Å². The van der Waals surface area contributed by atoms with Crippen LogP contribution in [-0.2, 0) is 6.18 Å². The Labute approximate surface area is 120 Å². The molecule has 0 radical (unpaired) electrons. The molecule has 3 N–H and O–H groups in total. The van der Waals surface area contributed by atoms with Gasteiger partial charge in [-0.25, -0.2) is 4.39 Å². The molecule has 0 aliphatic heterocycles. The predicted octanol–water partition coefficient (Wildman–Crippen LogP) is 3.43. The number of rotatable bonds is 3. The SMILES string of the molecule is Cl.N[C@@H](c1ccc(F)c(C(F)(F)F)c1)[C@H](O)C1CCC1. The fourth-order valence-electron chi connectivity index (χ4n) is 2.24. The van der Waals surface area contributed by atoms with Crippen LogP contribution in [0.1, 0.15) is 36.4 Å². The normalized spacial score (nSPS) is 18.9. The number of nitrogens with two attached hydrogens (primary N) is 1. The zero-order valence-electron chi connectivity index (χ0n) is 10.5. The van der Waals surface area contributed by atoms with E-state index in [0.717, 1.165) is 25.3 Å². The Balaban J connectivity index is 0.00000200. The minimum Gasteiger partial charge on any atom is -0.391 e. The largest absolute Gasteiger partial charge is 0.419 e. The minimum absolute atomic E-state index is 0. The maximum absolute atomic E-state index is 13.1. The average molecular weight is 314 g/mol. The lowest BCUT2D eigenvalue weighted by Gasteiger charge is -2.34. The molecule has 2 nitrogen and oxygen atoms in total. The van der Waals surface area contributed by atoms with Crippen LogP contribution >= 0.6 is 12.4 Å². The first-order valence-electron chi connectivity index (χ1n) is 6.11. The van der Waals surface area contributed by atoms with Crippen molar-refractivity contribution in [3.05, 3.63) is 35.1 Å². The number of alkyl halides is 3. The lowest BCUT2D eigenvalue weighted by molar-refractivity contribution is -0.140. The number of hydrogen-bond donors (Lipinski definition) is 2. The van der Waals surface area contributed by atoms with Crippen LogP contribution in [0.5, 0.6) is 0 Å². The highest BCUT2D eigenvalue weighted by Gasteiger charge is 2.36. The third-order valence-electron chi connectivity index (χ3n) is 3.68. The van der Waals surface area contributed by atoms with Gasteiger partial charge in [0.15, 0.2) is 0 Å². The van der Waals surface area contributed by atoms with Crippen molar-refractivity contribution >= 4 is 12.4 Å². The Hall–Kier alpha value is -0.850. The second kappa shape index (κ2) is 6.28. The molecule has 1 fully saturated rings. The lowest BCUT2D eigenvalue weighted by Crippen LogP contribution is -2.36. The van der Waals surface area contributed by atoms with Gasteiger partial charge >= 0.3 is 6.18 Å². The van der Waals surface area contributed by atoms with Gasteiger partial charge in [0.1, 0.15) is 5.82 Å². The van der Waals surface area contributed by atoms with Gasteiger partial charge in [-0.05, 0) is 36.5 Å². The van der Waals surface area contributed by atoms with Crippen molar-refractivity contribution in [2.75, 3.05) is 0 Å². The third kappa shape index (κ3) is 3.42. The van der Waals surface area contributed by atoms with Gasteiger partial charge in [0.25, 0.3) is 0 Å². The van der Waals surface area contributed by atoms with E-state index in [1.54, 1.807) is 0 Å². The van der Waals surface area contributed by atoms with E-state index >= 15 is 0 Å². The summed E-state index contributed by atoms with van der Waals surface area (Å²) in [6.07, 6.45) is -3.02. The Morgan fingerprint density at radius 1 is 1.25 bits per heavy atom. The molecule has 0 spiro atoms. The van der Waals surface area contributed by atoms with Gasteiger partial charge in [0, 0.05) is 0 Å². The van der Waals surface area contributed by atoms with Crippen molar-refractivity contribution in [1.29, 1.82) is 0 Å². The summed E-state index contributed by atoms with van der Waals surface area (Å²) in [5.74, 6) is -1.31. The zero-order valence-corrected chi connectivity index (χ0v) is 11.3. The van der Waals surface area contributed by atoms with Crippen molar-refractivity contribution in [2.45, 2.75) is 37.6 Å². The molecule has 0 unspecified atom stereocenters. The smallest absolute Gasteiger partial charge is 0.391 e. The van der Waals surface area contributed by atoms with Crippen LogP contribution in [0.25, 0.3) is 0 Å². The van der Waals surface area contributed by atoms with Crippen molar-refractivity contribution in [1.82, 2.24) is 0 Å². The summed E-state index contributed by atoms with van der Waals surface area (Å²) in [7, 11) is 0. The highest BCUT2D eigenvalue weighted by molar-refractivity contribution is 5.85. The van der Waals surface area contributed by atoms with E-state index in [1.165, 1.54) is 6.07 Å². The summed E-state index contributed by atoms with van der Waals surface area (Å²) in [5.41, 5.74) is 4.53. The summed E-state index contributed by atoms with van der Waals surface area (Å²) in [6, 6.07) is 1.69. The quantitative estimate of drug-likeness (QED) is 0.840. The van der Waals surface area contributed by atoms with Crippen LogP contribution in [0.3, 0.4) is 0 Å². The summed E-state index contributed by atoms with van der Waals surface area (Å²) in [5, 5.41) is 9.95. The molecule has 0 saturated heterocycles. The van der Waals surface area contributed by atoms with E-state index < -0.39 is 29.7 Å². The number of aliphatic hydroxyl groups is 1. The van der Waals surface area contributed by atoms with Crippen molar-refractivity contribution in [3.63, 3.8) is 0 Å². The fraction of sp³-hybridized carbons (Fsp3) is 0.538. The molecule has 1 aliphatic rings. The van der Waals surface area contributed by atoms with Gasteiger partial charge in [0.05, 0.1) is 17.7 Å². The van der Waals surface area contributed by atoms with E-state index in [0.29, 0.717) is 6.07 Å². The molecule has 0 bridgehead atoms. The monoisotopic (exact) mass is 313 g/mol. The molecular formula is C13H16ClF4NO. The molecule has 1 aliphatic carbocycles. The number of benzene rings is 1. The van der Waals surface area contributed by atoms with Crippen LogP contribution in [-0.4, -0.2) is 11.2 Å². The molecule has 0 heterocycles. The predicted molar refractivity (Wildman–Crippen MR) is 68.9 cm³/mol. The van der Waals surface area contributed by atoms with Gasteiger partial charge in [-0.2, -0.15) is 13.2 Å². The second-order valence-corrected chi connectivity index (χ2v) is 4.94. The molecule has 0 aromatic heterocycles. The maximum Gasteiger partial charge on any atom is 0.419 e. The van der Waals surface area contributed by atoms with Gasteiger partial charge in [-0.15, -0.1) is 12.4 Å². The lowest BCUT2D eigenvalue weighted by atomic mass is 9.77. The van der Waals surface area contributed by atoms with Gasteiger partial charge in [0.2, 0.25) is 0 Å². The van der Waals surface area contributed by atoms with Gasteiger partial charge in [-0.1, -0.05) is 12.5 Å². The summed E-state index contributed by atoms with van der Waals surface area (Å²) < 4.78 is 50.9. The molecule has 2 atom stereocenters. The van der Waals surface area contributed by atoms with Gasteiger partial charge < -0.3 is 10.8 Å². The van der Waals surface area contributed by atoms with Crippen LogP contribution in [0, 0.1) is 11.7 Å². The first-order chi connectivity index (χ1) is 8.80. The highest BCUT2D eigenvalue weighted by atomic mass is 35.5. The molecule has 0 amide bonds. The molecule has 7 heteroatoms. The number of halogens is 5. The second-order valence-electron chi connectivity index (χ2n) is 4.94. The Morgan fingerprint density at radius 2 is 1.85 bits per heavy atom. The molecule has 2 rings (SSSR count). The fourth-order valence-corrected chi connectivity index (χ4v) is 2.24. The number of aliphatic hydroxyl groups excluding tert-OH is 1. The first-order valence-corrected chi connectivity index (χ1v) is 6.11. The van der Waals surface area contributed by atoms with Crippen molar-refractivity contribution in [3.8, 4) is 0 Å². The zero-order chi connectivity index (χ0) is 14.2. The maximum atomic E-state index is 13.1. The van der Waals surface area contributed by atoms with Crippen LogP contribution < -0.4 is 5.73 Å². The van der Waals surface area contributed by atoms with Crippen molar-refractivity contribution < 1.29 is 22.7 Å². The highest BCUT2D eigenvalue weighted by Crippen LogP contribution is 2.36. The Bertz CT molecular complexity index is 462. The molecule has 1 saturated carbocycles. The summed E-state index contributed by atoms with van der Waals surface area (Å²) in [4.78, 5) is 0. The third-order valence-corrected chi connectivity index (χ3v) is 3.68. The molecule has 20 heavy (non-hydrogen) atoms. The summed E-state index contributed by atoms with van der Waals surface area (Å²) in [6.45, 7) is 0. The Kier molecular flexibility index (Phi) is 5.40. The standard InChI is InChI=1S/C13H15F4NO.ClH/c14-10-5-4-8(6-9(10)13(15,16)17)11(18)12(19)7-2-1-3-7;/h4-7,11-12,19H,1-3,18H2;1H/t11-,12+;/m0./s1. The number of hydrogen-bond acceptors (Lipinski definition) is 2. The van der Waals surface area contributed by atoms with Crippen LogP contribution in [0.4, 0.5) is 17.6 Å². The molecular weight excluding hydrogens is 298 g/mol. The minimum atomic E-state index is -4.76. The van der Waals surface area contributed by atoms with E-state index in [2.05, 4.69) is 0 Å². The van der Waals surface area contributed by atoms with Crippen molar-refractivity contribution in [2.24, 2.45) is 11.7 Å². The average Bonchev–Trinajstić information content (AvgIpc) is 2.24. The summed E-state index contributed by atoms with van der Waals surface area (Å²) >= 11 is 0. The van der Waals surface area contributed by atoms with Crippen LogP contribution in [0.15, 0.2) is 18.2 Å².